The van der Waals surface area contributed by atoms with Crippen LogP contribution in [0, 0.1) is 27.1 Å². The van der Waals surface area contributed by atoms with Crippen LogP contribution in [-0.2, 0) is 0 Å². The Hall–Kier alpha value is -0.120. The molecule has 0 aliphatic heterocycles. The second kappa shape index (κ2) is 10.6. The largest absolute Gasteiger partial charge is 0.330 e. The van der Waals surface area contributed by atoms with E-state index >= 15 is 0 Å². The van der Waals surface area contributed by atoms with Gasteiger partial charge in [0, 0.05) is 11.1 Å². The van der Waals surface area contributed by atoms with Gasteiger partial charge in [-0.2, -0.15) is 0 Å². The highest BCUT2D eigenvalue weighted by molar-refractivity contribution is 4.99. The first-order valence-electron chi connectivity index (χ1n) is 13.1. The average molecular weight is 454 g/mol. The van der Waals surface area contributed by atoms with Crippen molar-refractivity contribution < 1.29 is 0 Å². The molecular formula is C29H63N3. The quantitative estimate of drug-likeness (QED) is 0.238. The molecule has 0 aliphatic rings. The number of hydrogen-bond acceptors (Lipinski definition) is 3. The SMILES string of the molecule is CCCC(C)(C)CC(CC(C)(C)CN)(CC(C)(C)CC(C)(C)N)CC(C)(C)CC(C)(C)N. The summed E-state index contributed by atoms with van der Waals surface area (Å²) in [7, 11) is 0. The Morgan fingerprint density at radius 2 is 0.781 bits per heavy atom. The summed E-state index contributed by atoms with van der Waals surface area (Å²) in [5, 5.41) is 0. The summed E-state index contributed by atoms with van der Waals surface area (Å²) < 4.78 is 0. The lowest BCUT2D eigenvalue weighted by Crippen LogP contribution is -2.46. The summed E-state index contributed by atoms with van der Waals surface area (Å²) in [6.07, 6.45) is 9.22. The highest BCUT2D eigenvalue weighted by Gasteiger charge is 2.47. The highest BCUT2D eigenvalue weighted by Crippen LogP contribution is 2.56. The third-order valence-electron chi connectivity index (χ3n) is 6.76. The molecule has 0 saturated heterocycles. The van der Waals surface area contributed by atoms with Crippen LogP contribution in [0.25, 0.3) is 0 Å². The molecule has 0 atom stereocenters. The maximum absolute atomic E-state index is 6.54. The minimum absolute atomic E-state index is 0.102. The van der Waals surface area contributed by atoms with Gasteiger partial charge in [0.25, 0.3) is 0 Å². The number of rotatable bonds is 15. The van der Waals surface area contributed by atoms with Crippen molar-refractivity contribution in [3.8, 4) is 0 Å². The first kappa shape index (κ1) is 31.9. The second-order valence-electron chi connectivity index (χ2n) is 16.1. The maximum Gasteiger partial charge on any atom is 0.0102 e. The first-order chi connectivity index (χ1) is 13.9. The van der Waals surface area contributed by atoms with E-state index in [-0.39, 0.29) is 32.7 Å². The summed E-state index contributed by atoms with van der Waals surface area (Å²) in [5.41, 5.74) is 19.9. The van der Waals surface area contributed by atoms with E-state index in [1.165, 1.54) is 32.1 Å². The summed E-state index contributed by atoms with van der Waals surface area (Å²) in [6.45, 7) is 31.1. The Bertz CT molecular complexity index is 526. The van der Waals surface area contributed by atoms with Gasteiger partial charge in [0.15, 0.2) is 0 Å². The van der Waals surface area contributed by atoms with Gasteiger partial charge < -0.3 is 17.2 Å². The van der Waals surface area contributed by atoms with E-state index in [1.807, 2.05) is 0 Å². The Kier molecular flexibility index (Phi) is 10.6. The molecule has 0 aliphatic carbocycles. The molecule has 0 rings (SSSR count). The van der Waals surface area contributed by atoms with Gasteiger partial charge in [0.05, 0.1) is 0 Å². The van der Waals surface area contributed by atoms with Crippen LogP contribution in [0.1, 0.15) is 141 Å². The molecule has 0 spiro atoms. The fourth-order valence-corrected chi connectivity index (χ4v) is 7.86. The number of nitrogens with two attached hydrogens (primary N) is 3. The summed E-state index contributed by atoms with van der Waals surface area (Å²) in [4.78, 5) is 0. The molecular weight excluding hydrogens is 390 g/mol. The molecule has 3 heteroatoms. The zero-order chi connectivity index (χ0) is 25.9. The zero-order valence-electron chi connectivity index (χ0n) is 24.6. The molecule has 0 aromatic carbocycles. The van der Waals surface area contributed by atoms with Crippen molar-refractivity contribution in [2.45, 2.75) is 152 Å². The second-order valence-corrected chi connectivity index (χ2v) is 16.1. The van der Waals surface area contributed by atoms with E-state index in [0.29, 0.717) is 12.0 Å². The van der Waals surface area contributed by atoms with Crippen molar-refractivity contribution in [3.05, 3.63) is 0 Å². The van der Waals surface area contributed by atoms with Gasteiger partial charge in [-0.15, -0.1) is 0 Å². The summed E-state index contributed by atoms with van der Waals surface area (Å²) >= 11 is 0. The van der Waals surface area contributed by atoms with Crippen LogP contribution in [0.15, 0.2) is 0 Å². The van der Waals surface area contributed by atoms with Crippen LogP contribution in [0.2, 0.25) is 0 Å². The van der Waals surface area contributed by atoms with E-state index in [1.54, 1.807) is 0 Å². The van der Waals surface area contributed by atoms with Crippen LogP contribution in [-0.4, -0.2) is 17.6 Å². The Morgan fingerprint density at radius 3 is 1.06 bits per heavy atom. The van der Waals surface area contributed by atoms with Crippen molar-refractivity contribution in [1.29, 1.82) is 0 Å². The number of hydrogen-bond donors (Lipinski definition) is 3. The van der Waals surface area contributed by atoms with Gasteiger partial charge >= 0.3 is 0 Å². The molecule has 0 bridgehead atoms. The van der Waals surface area contributed by atoms with Crippen molar-refractivity contribution in [3.63, 3.8) is 0 Å². The monoisotopic (exact) mass is 454 g/mol. The van der Waals surface area contributed by atoms with Gasteiger partial charge in [-0.05, 0) is 106 Å². The third-order valence-corrected chi connectivity index (χ3v) is 6.76. The van der Waals surface area contributed by atoms with Crippen molar-refractivity contribution in [2.24, 2.45) is 44.3 Å². The maximum atomic E-state index is 6.54. The predicted octanol–water partition coefficient (Wildman–Crippen LogP) is 7.65. The van der Waals surface area contributed by atoms with Gasteiger partial charge in [0.2, 0.25) is 0 Å². The molecule has 0 aromatic rings. The summed E-state index contributed by atoms with van der Waals surface area (Å²) in [6, 6.07) is 0. The zero-order valence-corrected chi connectivity index (χ0v) is 24.6. The van der Waals surface area contributed by atoms with Gasteiger partial charge in [0.1, 0.15) is 0 Å². The van der Waals surface area contributed by atoms with Crippen LogP contribution >= 0.6 is 0 Å². The van der Waals surface area contributed by atoms with E-state index in [4.69, 9.17) is 17.2 Å². The minimum atomic E-state index is -0.174. The highest BCUT2D eigenvalue weighted by atomic mass is 14.7. The lowest BCUT2D eigenvalue weighted by molar-refractivity contribution is -0.00714. The van der Waals surface area contributed by atoms with Gasteiger partial charge in [-0.25, -0.2) is 0 Å². The standard InChI is InChI=1S/C29H63N3/c1-14-15-23(2,3)18-29(21-26(8,9)22-30,19-24(4,5)16-27(10,11)31)20-25(6,7)17-28(12,13)32/h14-22,30-32H2,1-13H3. The Balaban J connectivity index is 6.54. The molecule has 0 heterocycles. The van der Waals surface area contributed by atoms with Crippen molar-refractivity contribution in [1.82, 2.24) is 0 Å². The van der Waals surface area contributed by atoms with E-state index < -0.39 is 0 Å². The predicted molar refractivity (Wildman–Crippen MR) is 146 cm³/mol. The normalized spacial score (nSPS) is 15.4. The fraction of sp³-hybridized carbons (Fsp3) is 1.00. The van der Waals surface area contributed by atoms with E-state index in [0.717, 1.165) is 19.3 Å². The molecule has 3 nitrogen and oxygen atoms in total. The van der Waals surface area contributed by atoms with E-state index in [9.17, 15) is 0 Å². The van der Waals surface area contributed by atoms with Crippen LogP contribution in [0.4, 0.5) is 0 Å². The van der Waals surface area contributed by atoms with Crippen LogP contribution in [0.5, 0.6) is 0 Å². The van der Waals surface area contributed by atoms with Crippen LogP contribution < -0.4 is 17.2 Å². The Morgan fingerprint density at radius 1 is 0.469 bits per heavy atom. The molecule has 0 fully saturated rings. The fourth-order valence-electron chi connectivity index (χ4n) is 7.86. The molecule has 32 heavy (non-hydrogen) atoms. The van der Waals surface area contributed by atoms with Crippen molar-refractivity contribution >= 4 is 0 Å². The molecule has 194 valence electrons. The topological polar surface area (TPSA) is 78.1 Å². The van der Waals surface area contributed by atoms with Crippen LogP contribution in [0.3, 0.4) is 0 Å². The lowest BCUT2D eigenvalue weighted by atomic mass is 9.53. The first-order valence-corrected chi connectivity index (χ1v) is 13.1. The molecule has 0 unspecified atom stereocenters. The molecule has 0 amide bonds. The summed E-state index contributed by atoms with van der Waals surface area (Å²) in [5.74, 6) is 0. The minimum Gasteiger partial charge on any atom is -0.330 e. The van der Waals surface area contributed by atoms with Gasteiger partial charge in [-0.3, -0.25) is 0 Å². The smallest absolute Gasteiger partial charge is 0.0102 e. The lowest BCUT2D eigenvalue weighted by Gasteiger charge is -2.52. The van der Waals surface area contributed by atoms with E-state index in [2.05, 4.69) is 90.0 Å². The molecule has 0 radical (unpaired) electrons. The van der Waals surface area contributed by atoms with Gasteiger partial charge in [-0.1, -0.05) is 68.7 Å². The average Bonchev–Trinajstić information content (AvgIpc) is 2.37. The molecule has 0 saturated carbocycles. The Labute approximate surface area is 203 Å². The third kappa shape index (κ3) is 13.6. The molecule has 0 aromatic heterocycles. The molecule has 6 N–H and O–H groups in total. The van der Waals surface area contributed by atoms with Crippen molar-refractivity contribution in [2.75, 3.05) is 6.54 Å².